The summed E-state index contributed by atoms with van der Waals surface area (Å²) in [5, 5.41) is 0.557. The summed E-state index contributed by atoms with van der Waals surface area (Å²) in [6, 6.07) is 7.08. The van der Waals surface area contributed by atoms with Crippen LogP contribution in [-0.2, 0) is 23.2 Å². The molecule has 0 bridgehead atoms. The van der Waals surface area contributed by atoms with Gasteiger partial charge in [-0.3, -0.25) is 14.2 Å². The number of hydrogen-bond donors (Lipinski definition) is 0. The van der Waals surface area contributed by atoms with E-state index in [2.05, 4.69) is 4.98 Å². The molecule has 88 valence electrons. The molecule has 2 rings (SSSR count). The van der Waals surface area contributed by atoms with Crippen molar-refractivity contribution < 1.29 is 9.53 Å². The van der Waals surface area contributed by atoms with E-state index in [1.807, 2.05) is 6.07 Å². The maximum Gasteiger partial charge on any atom is 0.303 e. The van der Waals surface area contributed by atoms with Crippen LogP contribution in [0.5, 0.6) is 0 Å². The first-order chi connectivity index (χ1) is 8.09. The van der Waals surface area contributed by atoms with Gasteiger partial charge in [-0.1, -0.05) is 12.1 Å². The number of nitrogens with zero attached hydrogens (tertiary/aromatic N) is 2. The number of ether oxygens (including phenoxy) is 1. The number of esters is 1. The predicted molar refractivity (Wildman–Crippen MR) is 62.5 cm³/mol. The van der Waals surface area contributed by atoms with E-state index in [0.717, 1.165) is 0 Å². The first-order valence-corrected chi connectivity index (χ1v) is 5.17. The number of fused-ring (bicyclic) bond motifs is 1. The number of para-hydroxylation sites is 1. The Morgan fingerprint density at radius 3 is 2.82 bits per heavy atom. The fraction of sp³-hybridized carbons (Fsp3) is 0.250. The fourth-order valence-corrected chi connectivity index (χ4v) is 1.56. The fourth-order valence-electron chi connectivity index (χ4n) is 1.56. The highest BCUT2D eigenvalue weighted by Crippen LogP contribution is 2.07. The molecule has 0 aliphatic carbocycles. The Balaban J connectivity index is 2.54. The van der Waals surface area contributed by atoms with E-state index >= 15 is 0 Å². The van der Waals surface area contributed by atoms with Gasteiger partial charge in [-0.2, -0.15) is 0 Å². The van der Waals surface area contributed by atoms with Gasteiger partial charge in [0.15, 0.2) is 0 Å². The monoisotopic (exact) mass is 232 g/mol. The Hall–Kier alpha value is -2.17. The number of carbonyl (C=O) groups excluding carboxylic acids is 1. The summed E-state index contributed by atoms with van der Waals surface area (Å²) >= 11 is 0. The van der Waals surface area contributed by atoms with E-state index in [1.165, 1.54) is 11.5 Å². The Morgan fingerprint density at radius 1 is 1.41 bits per heavy atom. The summed E-state index contributed by atoms with van der Waals surface area (Å²) < 4.78 is 6.25. The normalized spacial score (nSPS) is 10.5. The summed E-state index contributed by atoms with van der Waals surface area (Å²) in [5.41, 5.74) is 0.468. The van der Waals surface area contributed by atoms with Crippen molar-refractivity contribution in [1.82, 2.24) is 9.55 Å². The van der Waals surface area contributed by atoms with E-state index in [4.69, 9.17) is 4.74 Å². The molecule has 0 spiro atoms. The molecule has 2 aromatic rings. The lowest BCUT2D eigenvalue weighted by atomic mass is 10.2. The molecule has 0 saturated carbocycles. The van der Waals surface area contributed by atoms with Crippen LogP contribution in [0.4, 0.5) is 0 Å². The minimum Gasteiger partial charge on any atom is -0.458 e. The van der Waals surface area contributed by atoms with Crippen LogP contribution in [0.3, 0.4) is 0 Å². The average molecular weight is 232 g/mol. The van der Waals surface area contributed by atoms with Crippen LogP contribution >= 0.6 is 0 Å². The predicted octanol–water partition coefficient (Wildman–Crippen LogP) is 0.997. The third-order valence-electron chi connectivity index (χ3n) is 2.48. The van der Waals surface area contributed by atoms with Crippen molar-refractivity contribution in [3.05, 3.63) is 40.4 Å². The maximum atomic E-state index is 12.0. The zero-order valence-electron chi connectivity index (χ0n) is 9.64. The van der Waals surface area contributed by atoms with Crippen LogP contribution in [0.1, 0.15) is 12.7 Å². The summed E-state index contributed by atoms with van der Waals surface area (Å²) in [6.45, 7) is 1.32. The van der Waals surface area contributed by atoms with Crippen molar-refractivity contribution in [2.45, 2.75) is 13.5 Å². The average Bonchev–Trinajstić information content (AvgIpc) is 2.32. The Morgan fingerprint density at radius 2 is 2.12 bits per heavy atom. The van der Waals surface area contributed by atoms with Crippen molar-refractivity contribution in [2.75, 3.05) is 0 Å². The molecule has 1 aromatic carbocycles. The van der Waals surface area contributed by atoms with Crippen LogP contribution < -0.4 is 5.56 Å². The van der Waals surface area contributed by atoms with Crippen molar-refractivity contribution >= 4 is 16.9 Å². The molecule has 1 aromatic heterocycles. The van der Waals surface area contributed by atoms with E-state index in [1.54, 1.807) is 25.2 Å². The molecule has 0 aliphatic rings. The molecule has 0 saturated heterocycles. The second-order valence-electron chi connectivity index (χ2n) is 3.69. The van der Waals surface area contributed by atoms with Crippen LogP contribution in [0.25, 0.3) is 10.9 Å². The maximum absolute atomic E-state index is 12.0. The van der Waals surface area contributed by atoms with Gasteiger partial charge in [0.2, 0.25) is 0 Å². The Kier molecular flexibility index (Phi) is 2.91. The summed E-state index contributed by atoms with van der Waals surface area (Å²) in [4.78, 5) is 27.0. The van der Waals surface area contributed by atoms with E-state index in [-0.39, 0.29) is 12.2 Å². The van der Waals surface area contributed by atoms with E-state index in [0.29, 0.717) is 16.7 Å². The SMILES string of the molecule is CC(=O)OCc1nc2ccccc2c(=O)n1C. The van der Waals surface area contributed by atoms with Gasteiger partial charge < -0.3 is 4.74 Å². The van der Waals surface area contributed by atoms with Crippen LogP contribution in [0, 0.1) is 0 Å². The number of hydrogen-bond acceptors (Lipinski definition) is 4. The molecule has 5 nitrogen and oxygen atoms in total. The molecule has 0 radical (unpaired) electrons. The number of aromatic nitrogens is 2. The highest BCUT2D eigenvalue weighted by molar-refractivity contribution is 5.77. The lowest BCUT2D eigenvalue weighted by Gasteiger charge is -2.08. The number of rotatable bonds is 2. The standard InChI is InChI=1S/C12H12N2O3/c1-8(15)17-7-11-13-10-6-4-3-5-9(10)12(16)14(11)2/h3-6H,7H2,1-2H3. The van der Waals surface area contributed by atoms with Gasteiger partial charge in [0.05, 0.1) is 10.9 Å². The van der Waals surface area contributed by atoms with Gasteiger partial charge in [0, 0.05) is 14.0 Å². The second-order valence-corrected chi connectivity index (χ2v) is 3.69. The van der Waals surface area contributed by atoms with Gasteiger partial charge in [-0.25, -0.2) is 4.98 Å². The summed E-state index contributed by atoms with van der Waals surface area (Å²) in [7, 11) is 1.61. The Bertz CT molecular complexity index is 631. The molecule has 0 fully saturated rings. The highest BCUT2D eigenvalue weighted by atomic mass is 16.5. The van der Waals surface area contributed by atoms with Crippen molar-refractivity contribution in [2.24, 2.45) is 7.05 Å². The zero-order valence-corrected chi connectivity index (χ0v) is 9.64. The first kappa shape index (κ1) is 11.3. The van der Waals surface area contributed by atoms with Crippen LogP contribution in [0.15, 0.2) is 29.1 Å². The molecule has 0 N–H and O–H groups in total. The van der Waals surface area contributed by atoms with Crippen LogP contribution in [0.2, 0.25) is 0 Å². The van der Waals surface area contributed by atoms with Crippen molar-refractivity contribution in [3.8, 4) is 0 Å². The van der Waals surface area contributed by atoms with Gasteiger partial charge in [-0.05, 0) is 12.1 Å². The minimum atomic E-state index is -0.396. The zero-order chi connectivity index (χ0) is 12.4. The molecular formula is C12H12N2O3. The quantitative estimate of drug-likeness (QED) is 0.724. The van der Waals surface area contributed by atoms with Crippen molar-refractivity contribution in [3.63, 3.8) is 0 Å². The van der Waals surface area contributed by atoms with Gasteiger partial charge >= 0.3 is 5.97 Å². The van der Waals surface area contributed by atoms with E-state index in [9.17, 15) is 9.59 Å². The lowest BCUT2D eigenvalue weighted by molar-refractivity contribution is -0.142. The molecule has 5 heteroatoms. The molecule has 0 aliphatic heterocycles. The number of benzene rings is 1. The molecule has 0 atom stereocenters. The first-order valence-electron chi connectivity index (χ1n) is 5.17. The molecule has 0 amide bonds. The minimum absolute atomic E-state index is 0.00586. The summed E-state index contributed by atoms with van der Waals surface area (Å²) in [6.07, 6.45) is 0. The smallest absolute Gasteiger partial charge is 0.303 e. The molecular weight excluding hydrogens is 220 g/mol. The third-order valence-corrected chi connectivity index (χ3v) is 2.48. The molecule has 17 heavy (non-hydrogen) atoms. The van der Waals surface area contributed by atoms with Gasteiger partial charge in [0.25, 0.3) is 5.56 Å². The van der Waals surface area contributed by atoms with E-state index < -0.39 is 5.97 Å². The molecule has 0 unspecified atom stereocenters. The summed E-state index contributed by atoms with van der Waals surface area (Å²) in [5.74, 6) is 0.0382. The largest absolute Gasteiger partial charge is 0.458 e. The third kappa shape index (κ3) is 2.18. The van der Waals surface area contributed by atoms with Crippen molar-refractivity contribution in [1.29, 1.82) is 0 Å². The van der Waals surface area contributed by atoms with Gasteiger partial charge in [0.1, 0.15) is 12.4 Å². The highest BCUT2D eigenvalue weighted by Gasteiger charge is 2.08. The number of carbonyl (C=O) groups is 1. The molecule has 1 heterocycles. The second kappa shape index (κ2) is 4.37. The Labute approximate surface area is 97.7 Å². The van der Waals surface area contributed by atoms with Crippen LogP contribution in [-0.4, -0.2) is 15.5 Å². The van der Waals surface area contributed by atoms with Gasteiger partial charge in [-0.15, -0.1) is 0 Å². The topological polar surface area (TPSA) is 61.2 Å². The lowest BCUT2D eigenvalue weighted by Crippen LogP contribution is -2.23.